The zero-order valence-electron chi connectivity index (χ0n) is 8.87. The second kappa shape index (κ2) is 3.89. The van der Waals surface area contributed by atoms with E-state index in [-0.39, 0.29) is 5.41 Å². The summed E-state index contributed by atoms with van der Waals surface area (Å²) in [7, 11) is 0. The Morgan fingerprint density at radius 3 is 2.73 bits per heavy atom. The molecule has 2 rings (SSSR count). The monoisotopic (exact) mass is 264 g/mol. The highest BCUT2D eigenvalue weighted by molar-refractivity contribution is 9.11. The number of rotatable bonds is 1. The van der Waals surface area contributed by atoms with Gasteiger partial charge in [0.1, 0.15) is 4.61 Å². The molecular weight excluding hydrogens is 252 g/mol. The Hall–Kier alpha value is -0.960. The van der Waals surface area contributed by atoms with Crippen molar-refractivity contribution in [2.75, 3.05) is 0 Å². The van der Waals surface area contributed by atoms with E-state index in [9.17, 15) is 0 Å². The maximum atomic E-state index is 4.48. The highest BCUT2D eigenvalue weighted by Crippen LogP contribution is 2.32. The predicted molar refractivity (Wildman–Crippen MR) is 66.2 cm³/mol. The second-order valence-electron chi connectivity index (χ2n) is 4.41. The van der Waals surface area contributed by atoms with Crippen molar-refractivity contribution in [1.82, 2.24) is 4.98 Å². The van der Waals surface area contributed by atoms with Gasteiger partial charge in [0.15, 0.2) is 0 Å². The first-order chi connectivity index (χ1) is 7.07. The van der Waals surface area contributed by atoms with E-state index in [1.165, 1.54) is 0 Å². The molecule has 15 heavy (non-hydrogen) atoms. The summed E-state index contributed by atoms with van der Waals surface area (Å²) >= 11 is 3.45. The lowest BCUT2D eigenvalue weighted by molar-refractivity contribution is 0.496. The van der Waals surface area contributed by atoms with Crippen molar-refractivity contribution in [3.05, 3.63) is 40.8 Å². The van der Waals surface area contributed by atoms with E-state index in [1.807, 2.05) is 18.2 Å². The Morgan fingerprint density at radius 1 is 1.33 bits per heavy atom. The Morgan fingerprint density at radius 2 is 2.13 bits per heavy atom. The Labute approximate surface area is 98.3 Å². The van der Waals surface area contributed by atoms with Crippen LogP contribution in [0.2, 0.25) is 0 Å². The Kier molecular flexibility index (Phi) is 2.74. The van der Waals surface area contributed by atoms with Gasteiger partial charge in [-0.1, -0.05) is 19.9 Å². The van der Waals surface area contributed by atoms with Gasteiger partial charge < -0.3 is 0 Å². The molecule has 2 heterocycles. The van der Waals surface area contributed by atoms with E-state index in [2.05, 4.69) is 45.8 Å². The lowest BCUT2D eigenvalue weighted by Gasteiger charge is -2.25. The number of aromatic nitrogens is 1. The molecule has 0 N–H and O–H groups in total. The summed E-state index contributed by atoms with van der Waals surface area (Å²) in [6.45, 7) is 4.40. The number of pyridine rings is 1. The van der Waals surface area contributed by atoms with Gasteiger partial charge in [0.2, 0.25) is 0 Å². The molecule has 0 radical (unpaired) electrons. The molecule has 0 amide bonds. The van der Waals surface area contributed by atoms with Crippen LogP contribution in [-0.2, 0) is 0 Å². The van der Waals surface area contributed by atoms with Crippen LogP contribution in [-0.4, -0.2) is 10.7 Å². The van der Waals surface area contributed by atoms with Crippen molar-refractivity contribution < 1.29 is 0 Å². The fraction of sp³-hybridized carbons (Fsp3) is 0.333. The molecule has 1 aliphatic heterocycles. The molecule has 0 unspecified atom stereocenters. The van der Waals surface area contributed by atoms with Crippen molar-refractivity contribution >= 4 is 21.6 Å². The molecular formula is C12H13BrN2. The molecule has 0 atom stereocenters. The normalized spacial score (nSPS) is 19.4. The molecule has 3 heteroatoms. The van der Waals surface area contributed by atoms with Crippen LogP contribution in [0.3, 0.4) is 0 Å². The average molecular weight is 265 g/mol. The minimum atomic E-state index is 0.146. The quantitative estimate of drug-likeness (QED) is 0.713. The maximum absolute atomic E-state index is 4.48. The average Bonchev–Trinajstić information content (AvgIpc) is 2.16. The molecule has 78 valence electrons. The first kappa shape index (κ1) is 10.6. The third-order valence-electron chi connectivity index (χ3n) is 2.34. The molecule has 2 nitrogen and oxygen atoms in total. The summed E-state index contributed by atoms with van der Waals surface area (Å²) in [6.07, 6.45) is 4.87. The first-order valence-corrected chi connectivity index (χ1v) is 5.73. The van der Waals surface area contributed by atoms with Crippen molar-refractivity contribution in [2.24, 2.45) is 10.4 Å². The molecule has 0 saturated carbocycles. The van der Waals surface area contributed by atoms with Crippen LogP contribution >= 0.6 is 15.9 Å². The van der Waals surface area contributed by atoms with Gasteiger partial charge in [-0.2, -0.15) is 0 Å². The smallest absolute Gasteiger partial charge is 0.103 e. The van der Waals surface area contributed by atoms with E-state index in [1.54, 1.807) is 6.20 Å². The topological polar surface area (TPSA) is 25.2 Å². The Balaban J connectivity index is 2.37. The van der Waals surface area contributed by atoms with Gasteiger partial charge in [0, 0.05) is 12.6 Å². The third kappa shape index (κ3) is 2.53. The van der Waals surface area contributed by atoms with Crippen LogP contribution < -0.4 is 0 Å². The molecule has 0 aromatic carbocycles. The van der Waals surface area contributed by atoms with Crippen LogP contribution in [0.25, 0.3) is 0 Å². The number of allylic oxidation sites excluding steroid dienone is 1. The summed E-state index contributed by atoms with van der Waals surface area (Å²) < 4.78 is 0.902. The van der Waals surface area contributed by atoms with Crippen LogP contribution in [0.1, 0.15) is 26.0 Å². The van der Waals surface area contributed by atoms with Crippen LogP contribution in [0.5, 0.6) is 0 Å². The van der Waals surface area contributed by atoms with E-state index in [4.69, 9.17) is 0 Å². The summed E-state index contributed by atoms with van der Waals surface area (Å²) in [5, 5.41) is 0. The highest BCUT2D eigenvalue weighted by atomic mass is 79.9. The van der Waals surface area contributed by atoms with Crippen LogP contribution in [0.15, 0.2) is 40.1 Å². The number of hydrogen-bond acceptors (Lipinski definition) is 2. The first-order valence-electron chi connectivity index (χ1n) is 4.94. The molecule has 1 aromatic rings. The van der Waals surface area contributed by atoms with Gasteiger partial charge in [-0.3, -0.25) is 4.98 Å². The Bertz CT molecular complexity index is 419. The van der Waals surface area contributed by atoms with Crippen molar-refractivity contribution in [1.29, 1.82) is 0 Å². The van der Waals surface area contributed by atoms with E-state index in [0.717, 1.165) is 22.4 Å². The molecule has 1 aromatic heterocycles. The summed E-state index contributed by atoms with van der Waals surface area (Å²) in [6, 6.07) is 5.91. The highest BCUT2D eigenvalue weighted by Gasteiger charge is 2.23. The lowest BCUT2D eigenvalue weighted by Crippen LogP contribution is -2.19. The zero-order chi connectivity index (χ0) is 10.9. The molecule has 0 aliphatic carbocycles. The second-order valence-corrected chi connectivity index (χ2v) is 5.22. The maximum Gasteiger partial charge on any atom is 0.103 e. The molecule has 0 fully saturated rings. The lowest BCUT2D eigenvalue weighted by atomic mass is 9.85. The SMILES string of the molecule is CC1(C)C=C(Br)N=C(c2ccccn2)C1. The molecule has 1 aliphatic rings. The largest absolute Gasteiger partial charge is 0.255 e. The van der Waals surface area contributed by atoms with E-state index >= 15 is 0 Å². The van der Waals surface area contributed by atoms with Gasteiger partial charge in [0.25, 0.3) is 0 Å². The van der Waals surface area contributed by atoms with Gasteiger partial charge in [-0.15, -0.1) is 0 Å². The minimum absolute atomic E-state index is 0.146. The molecule has 0 spiro atoms. The van der Waals surface area contributed by atoms with Crippen molar-refractivity contribution in [3.8, 4) is 0 Å². The fourth-order valence-corrected chi connectivity index (χ4v) is 2.52. The minimum Gasteiger partial charge on any atom is -0.255 e. The molecule has 0 saturated heterocycles. The number of nitrogens with zero attached hydrogens (tertiary/aromatic N) is 2. The van der Waals surface area contributed by atoms with Crippen LogP contribution in [0.4, 0.5) is 0 Å². The fourth-order valence-electron chi connectivity index (χ4n) is 1.69. The number of aliphatic imine (C=N–C) groups is 1. The third-order valence-corrected chi connectivity index (χ3v) is 2.74. The van der Waals surface area contributed by atoms with Gasteiger partial charge >= 0.3 is 0 Å². The van der Waals surface area contributed by atoms with Gasteiger partial charge in [-0.05, 0) is 39.6 Å². The predicted octanol–water partition coefficient (Wildman–Crippen LogP) is 3.54. The zero-order valence-corrected chi connectivity index (χ0v) is 10.5. The van der Waals surface area contributed by atoms with Crippen LogP contribution in [0, 0.1) is 5.41 Å². The summed E-state index contributed by atoms with van der Waals surface area (Å²) in [5.41, 5.74) is 2.17. The summed E-state index contributed by atoms with van der Waals surface area (Å²) in [5.74, 6) is 0. The standard InChI is InChI=1S/C12H13BrN2/c1-12(2)7-10(15-11(13)8-12)9-5-3-4-6-14-9/h3-6,8H,7H2,1-2H3. The van der Waals surface area contributed by atoms with Crippen molar-refractivity contribution in [3.63, 3.8) is 0 Å². The van der Waals surface area contributed by atoms with Gasteiger partial charge in [-0.25, -0.2) is 4.99 Å². The number of halogens is 1. The number of hydrogen-bond donors (Lipinski definition) is 0. The summed E-state index contributed by atoms with van der Waals surface area (Å²) in [4.78, 5) is 8.80. The van der Waals surface area contributed by atoms with Crippen molar-refractivity contribution in [2.45, 2.75) is 20.3 Å². The van der Waals surface area contributed by atoms with E-state index in [0.29, 0.717) is 0 Å². The van der Waals surface area contributed by atoms with Gasteiger partial charge in [0.05, 0.1) is 11.4 Å². The molecule has 0 bridgehead atoms. The van der Waals surface area contributed by atoms with E-state index < -0.39 is 0 Å².